The zero-order valence-corrected chi connectivity index (χ0v) is 11.7. The van der Waals surface area contributed by atoms with Gasteiger partial charge in [0.15, 0.2) is 5.82 Å². The van der Waals surface area contributed by atoms with Gasteiger partial charge in [0.05, 0.1) is 0 Å². The van der Waals surface area contributed by atoms with E-state index in [1.54, 1.807) is 0 Å². The molecule has 2 unspecified atom stereocenters. The number of hydrogen-bond acceptors (Lipinski definition) is 4. The van der Waals surface area contributed by atoms with Crippen LogP contribution in [0.25, 0.3) is 0 Å². The molecule has 4 nitrogen and oxygen atoms in total. The van der Waals surface area contributed by atoms with E-state index in [9.17, 15) is 0 Å². The van der Waals surface area contributed by atoms with Gasteiger partial charge in [0, 0.05) is 18.4 Å². The Morgan fingerprint density at radius 1 is 1.00 bits per heavy atom. The van der Waals surface area contributed by atoms with E-state index in [0.717, 1.165) is 24.6 Å². The Morgan fingerprint density at radius 2 is 1.74 bits per heavy atom. The average Bonchev–Trinajstić information content (AvgIpc) is 2.91. The Hall–Kier alpha value is -0.900. The first-order valence-corrected chi connectivity index (χ1v) is 7.91. The van der Waals surface area contributed by atoms with E-state index in [0.29, 0.717) is 17.9 Å². The molecule has 2 N–H and O–H groups in total. The van der Waals surface area contributed by atoms with Crippen LogP contribution in [0, 0.1) is 5.92 Å². The summed E-state index contributed by atoms with van der Waals surface area (Å²) < 4.78 is 5.45. The molecule has 2 fully saturated rings. The highest BCUT2D eigenvalue weighted by atomic mass is 16.5. The number of aromatic nitrogens is 2. The van der Waals surface area contributed by atoms with Crippen molar-refractivity contribution in [3.63, 3.8) is 0 Å². The molecule has 0 bridgehead atoms. The second kappa shape index (κ2) is 6.04. The van der Waals surface area contributed by atoms with Gasteiger partial charge in [-0.2, -0.15) is 4.98 Å². The van der Waals surface area contributed by atoms with Gasteiger partial charge in [0.25, 0.3) is 0 Å². The van der Waals surface area contributed by atoms with Gasteiger partial charge in [-0.1, -0.05) is 37.3 Å². The van der Waals surface area contributed by atoms with Gasteiger partial charge < -0.3 is 10.3 Å². The monoisotopic (exact) mass is 263 g/mol. The summed E-state index contributed by atoms with van der Waals surface area (Å²) in [6.07, 6.45) is 12.2. The number of rotatable bonds is 3. The summed E-state index contributed by atoms with van der Waals surface area (Å²) in [5.74, 6) is 2.82. The molecule has 2 aliphatic rings. The summed E-state index contributed by atoms with van der Waals surface area (Å²) in [7, 11) is 0. The summed E-state index contributed by atoms with van der Waals surface area (Å²) >= 11 is 0. The normalized spacial score (nSPS) is 29.5. The van der Waals surface area contributed by atoms with E-state index in [1.807, 2.05) is 0 Å². The largest absolute Gasteiger partial charge is 0.339 e. The number of hydrogen-bond donors (Lipinski definition) is 1. The summed E-state index contributed by atoms with van der Waals surface area (Å²) in [5, 5.41) is 4.20. The van der Waals surface area contributed by atoms with Crippen LogP contribution >= 0.6 is 0 Å². The Balaban J connectivity index is 1.60. The topological polar surface area (TPSA) is 64.9 Å². The van der Waals surface area contributed by atoms with Crippen molar-refractivity contribution in [2.75, 3.05) is 0 Å². The van der Waals surface area contributed by atoms with E-state index < -0.39 is 0 Å². The van der Waals surface area contributed by atoms with Gasteiger partial charge in [-0.15, -0.1) is 0 Å². The predicted octanol–water partition coefficient (Wildman–Crippen LogP) is 3.18. The highest BCUT2D eigenvalue weighted by molar-refractivity contribution is 4.98. The lowest BCUT2D eigenvalue weighted by molar-refractivity contribution is 0.272. The lowest BCUT2D eigenvalue weighted by Gasteiger charge is -2.27. The van der Waals surface area contributed by atoms with Crippen molar-refractivity contribution >= 4 is 0 Å². The van der Waals surface area contributed by atoms with Crippen LogP contribution in [0.1, 0.15) is 75.4 Å². The lowest BCUT2D eigenvalue weighted by atomic mass is 9.83. The second-order valence-electron chi connectivity index (χ2n) is 6.29. The van der Waals surface area contributed by atoms with Gasteiger partial charge in [0.2, 0.25) is 5.89 Å². The van der Waals surface area contributed by atoms with Crippen LogP contribution in [-0.2, 0) is 6.42 Å². The van der Waals surface area contributed by atoms with Gasteiger partial charge in [-0.25, -0.2) is 0 Å². The van der Waals surface area contributed by atoms with Crippen molar-refractivity contribution < 1.29 is 4.52 Å². The maximum atomic E-state index is 6.19. The third-order valence-electron chi connectivity index (χ3n) is 4.86. The first-order valence-electron chi connectivity index (χ1n) is 7.91. The molecule has 2 atom stereocenters. The first kappa shape index (κ1) is 13.1. The van der Waals surface area contributed by atoms with Gasteiger partial charge in [0.1, 0.15) is 0 Å². The molecule has 3 rings (SSSR count). The van der Waals surface area contributed by atoms with Gasteiger partial charge >= 0.3 is 0 Å². The maximum Gasteiger partial charge on any atom is 0.226 e. The van der Waals surface area contributed by atoms with Crippen LogP contribution in [0.2, 0.25) is 0 Å². The Labute approximate surface area is 115 Å². The molecule has 0 amide bonds. The molecular weight excluding hydrogens is 238 g/mol. The molecule has 1 aromatic rings. The van der Waals surface area contributed by atoms with Crippen LogP contribution in [0.3, 0.4) is 0 Å². The molecule has 0 radical (unpaired) electrons. The fourth-order valence-electron chi connectivity index (χ4n) is 3.59. The zero-order valence-electron chi connectivity index (χ0n) is 11.7. The summed E-state index contributed by atoms with van der Waals surface area (Å²) in [4.78, 5) is 4.63. The predicted molar refractivity (Wildman–Crippen MR) is 73.8 cm³/mol. The van der Waals surface area contributed by atoms with E-state index in [-0.39, 0.29) is 0 Å². The van der Waals surface area contributed by atoms with Crippen LogP contribution < -0.4 is 5.73 Å². The van der Waals surface area contributed by atoms with Crippen molar-refractivity contribution in [1.29, 1.82) is 0 Å². The van der Waals surface area contributed by atoms with Crippen molar-refractivity contribution in [3.05, 3.63) is 11.7 Å². The molecule has 19 heavy (non-hydrogen) atoms. The third-order valence-corrected chi connectivity index (χ3v) is 4.86. The van der Waals surface area contributed by atoms with Crippen LogP contribution in [0.15, 0.2) is 4.52 Å². The quantitative estimate of drug-likeness (QED) is 0.909. The van der Waals surface area contributed by atoms with Crippen molar-refractivity contribution in [3.8, 4) is 0 Å². The zero-order chi connectivity index (χ0) is 13.1. The first-order chi connectivity index (χ1) is 9.33. The lowest BCUT2D eigenvalue weighted by Crippen LogP contribution is -2.34. The van der Waals surface area contributed by atoms with E-state index >= 15 is 0 Å². The summed E-state index contributed by atoms with van der Waals surface area (Å²) in [6.45, 7) is 0. The highest BCUT2D eigenvalue weighted by Gasteiger charge is 2.26. The fourth-order valence-corrected chi connectivity index (χ4v) is 3.59. The SMILES string of the molecule is NC1CCCCC1Cc1nc(C2CCCCC2)no1. The Kier molecular flexibility index (Phi) is 4.16. The van der Waals surface area contributed by atoms with E-state index in [1.165, 1.54) is 51.4 Å². The Morgan fingerprint density at radius 3 is 2.53 bits per heavy atom. The van der Waals surface area contributed by atoms with Crippen molar-refractivity contribution in [1.82, 2.24) is 10.1 Å². The summed E-state index contributed by atoms with van der Waals surface area (Å²) in [6, 6.07) is 0.318. The van der Waals surface area contributed by atoms with Crippen molar-refractivity contribution in [2.24, 2.45) is 11.7 Å². The Bertz CT molecular complexity index is 398. The van der Waals surface area contributed by atoms with Gasteiger partial charge in [-0.3, -0.25) is 0 Å². The maximum absolute atomic E-state index is 6.19. The molecule has 4 heteroatoms. The molecule has 106 valence electrons. The average molecular weight is 263 g/mol. The van der Waals surface area contributed by atoms with Crippen LogP contribution in [0.5, 0.6) is 0 Å². The smallest absolute Gasteiger partial charge is 0.226 e. The number of nitrogens with two attached hydrogens (primary N) is 1. The highest BCUT2D eigenvalue weighted by Crippen LogP contribution is 2.31. The number of nitrogens with zero attached hydrogens (tertiary/aromatic N) is 2. The molecule has 0 saturated heterocycles. The molecule has 1 aromatic heterocycles. The summed E-state index contributed by atoms with van der Waals surface area (Å²) in [5.41, 5.74) is 6.19. The van der Waals surface area contributed by atoms with Crippen LogP contribution in [0.4, 0.5) is 0 Å². The minimum atomic E-state index is 0.318. The molecule has 2 saturated carbocycles. The molecule has 0 spiro atoms. The van der Waals surface area contributed by atoms with Gasteiger partial charge in [-0.05, 0) is 31.6 Å². The third kappa shape index (κ3) is 3.16. The van der Waals surface area contributed by atoms with Crippen molar-refractivity contribution in [2.45, 2.75) is 76.2 Å². The fraction of sp³-hybridized carbons (Fsp3) is 0.867. The second-order valence-corrected chi connectivity index (χ2v) is 6.29. The van der Waals surface area contributed by atoms with E-state index in [2.05, 4.69) is 10.1 Å². The molecule has 2 aliphatic carbocycles. The molecule has 0 aromatic carbocycles. The minimum Gasteiger partial charge on any atom is -0.339 e. The molecule has 0 aliphatic heterocycles. The molecule has 1 heterocycles. The van der Waals surface area contributed by atoms with Crippen LogP contribution in [-0.4, -0.2) is 16.2 Å². The minimum absolute atomic E-state index is 0.318. The van der Waals surface area contributed by atoms with E-state index in [4.69, 9.17) is 10.3 Å². The molecular formula is C15H25N3O. The standard InChI is InChI=1S/C15H25N3O/c16-13-9-5-4-8-12(13)10-14-17-15(18-19-14)11-6-2-1-3-7-11/h11-13H,1-10,16H2.